The molecule has 0 atom stereocenters. The highest BCUT2D eigenvalue weighted by atomic mass is 19.4. The first-order valence-electron chi connectivity index (χ1n) is 8.67. The number of halogens is 4. The summed E-state index contributed by atoms with van der Waals surface area (Å²) in [5.74, 6) is -1.77. The largest absolute Gasteiger partial charge is 0.405 e. The standard InChI is InChI=1S/C18H23F4N5O2/c1-25-27(14(15(23)16(24)28)5-3-2-4-10-19)13-8-6-12(7-9-13)17(29)26-11-18(20,21)22/h6-9H,1-5,10-11,23H2,(H2,24,28)(H,26,29)/b15-14-. The van der Waals surface area contributed by atoms with Crippen molar-refractivity contribution in [2.45, 2.75) is 31.9 Å². The first-order valence-corrected chi connectivity index (χ1v) is 8.67. The number of primary amides is 1. The number of alkyl halides is 4. The van der Waals surface area contributed by atoms with Gasteiger partial charge in [-0.2, -0.15) is 18.3 Å². The van der Waals surface area contributed by atoms with E-state index in [-0.39, 0.29) is 23.4 Å². The van der Waals surface area contributed by atoms with Gasteiger partial charge in [0, 0.05) is 12.3 Å². The van der Waals surface area contributed by atoms with E-state index >= 15 is 0 Å². The van der Waals surface area contributed by atoms with Crippen LogP contribution in [0.4, 0.5) is 23.2 Å². The second kappa shape index (κ2) is 11.0. The summed E-state index contributed by atoms with van der Waals surface area (Å²) in [7, 11) is 0. The van der Waals surface area contributed by atoms with Crippen LogP contribution >= 0.6 is 0 Å². The Hall–Kier alpha value is -3.11. The summed E-state index contributed by atoms with van der Waals surface area (Å²) >= 11 is 0. The molecule has 0 saturated carbocycles. The highest BCUT2D eigenvalue weighted by Gasteiger charge is 2.28. The number of nitrogens with zero attached hydrogens (tertiary/aromatic N) is 2. The molecule has 0 spiro atoms. The van der Waals surface area contributed by atoms with Crippen LogP contribution in [0.2, 0.25) is 0 Å². The van der Waals surface area contributed by atoms with Gasteiger partial charge in [0.25, 0.3) is 11.8 Å². The van der Waals surface area contributed by atoms with E-state index in [1.165, 1.54) is 29.3 Å². The fraction of sp³-hybridized carbons (Fsp3) is 0.389. The van der Waals surface area contributed by atoms with Gasteiger partial charge in [-0.1, -0.05) is 6.42 Å². The van der Waals surface area contributed by atoms with Crippen molar-refractivity contribution in [1.82, 2.24) is 5.32 Å². The minimum absolute atomic E-state index is 0.00152. The maximum Gasteiger partial charge on any atom is 0.405 e. The molecule has 0 heterocycles. The van der Waals surface area contributed by atoms with E-state index in [1.807, 2.05) is 0 Å². The van der Waals surface area contributed by atoms with Crippen LogP contribution in [-0.4, -0.2) is 37.9 Å². The Morgan fingerprint density at radius 3 is 2.21 bits per heavy atom. The third-order valence-corrected chi connectivity index (χ3v) is 3.84. The van der Waals surface area contributed by atoms with Crippen molar-refractivity contribution in [3.8, 4) is 0 Å². The van der Waals surface area contributed by atoms with E-state index in [1.54, 1.807) is 5.32 Å². The molecular weight excluding hydrogens is 394 g/mol. The molecule has 5 N–H and O–H groups in total. The normalized spacial score (nSPS) is 12.1. The number of unbranched alkanes of at least 4 members (excludes halogenated alkanes) is 2. The molecule has 29 heavy (non-hydrogen) atoms. The number of anilines is 1. The van der Waals surface area contributed by atoms with Crippen molar-refractivity contribution in [2.24, 2.45) is 16.6 Å². The molecule has 0 aromatic heterocycles. The highest BCUT2D eigenvalue weighted by molar-refractivity contribution is 5.95. The van der Waals surface area contributed by atoms with Gasteiger partial charge >= 0.3 is 6.18 Å². The monoisotopic (exact) mass is 417 g/mol. The number of hydrogen-bond acceptors (Lipinski definition) is 5. The van der Waals surface area contributed by atoms with Crippen LogP contribution in [0.5, 0.6) is 0 Å². The van der Waals surface area contributed by atoms with E-state index in [0.717, 1.165) is 0 Å². The maximum absolute atomic E-state index is 12.3. The number of rotatable bonds is 11. The van der Waals surface area contributed by atoms with Crippen LogP contribution in [0.3, 0.4) is 0 Å². The number of carbonyl (C=O) groups excluding carboxylic acids is 2. The summed E-state index contributed by atoms with van der Waals surface area (Å²) in [4.78, 5) is 23.3. The highest BCUT2D eigenvalue weighted by Crippen LogP contribution is 2.25. The number of allylic oxidation sites excluding steroid dienone is 1. The van der Waals surface area contributed by atoms with Gasteiger partial charge < -0.3 is 16.8 Å². The van der Waals surface area contributed by atoms with E-state index < -0.39 is 31.2 Å². The molecule has 2 amide bonds. The van der Waals surface area contributed by atoms with Crippen molar-refractivity contribution < 1.29 is 27.2 Å². The molecule has 1 aromatic carbocycles. The molecule has 0 fully saturated rings. The van der Waals surface area contributed by atoms with E-state index in [0.29, 0.717) is 24.9 Å². The molecule has 0 radical (unpaired) electrons. The topological polar surface area (TPSA) is 114 Å². The second-order valence-corrected chi connectivity index (χ2v) is 6.02. The Morgan fingerprint density at radius 1 is 1.10 bits per heavy atom. The van der Waals surface area contributed by atoms with E-state index in [2.05, 4.69) is 11.8 Å². The third-order valence-electron chi connectivity index (χ3n) is 3.84. The fourth-order valence-corrected chi connectivity index (χ4v) is 2.42. The zero-order valence-corrected chi connectivity index (χ0v) is 15.6. The summed E-state index contributed by atoms with van der Waals surface area (Å²) < 4.78 is 48.9. The number of nitrogens with one attached hydrogen (secondary N) is 1. The summed E-state index contributed by atoms with van der Waals surface area (Å²) in [5, 5.41) is 6.82. The van der Waals surface area contributed by atoms with Crippen LogP contribution < -0.4 is 21.8 Å². The number of nitrogens with two attached hydrogens (primary N) is 2. The molecule has 0 aliphatic carbocycles. The number of amides is 2. The van der Waals surface area contributed by atoms with Crippen LogP contribution in [0, 0.1) is 0 Å². The van der Waals surface area contributed by atoms with E-state index in [4.69, 9.17) is 11.5 Å². The smallest absolute Gasteiger partial charge is 0.393 e. The van der Waals surface area contributed by atoms with Gasteiger partial charge in [0.2, 0.25) is 0 Å². The van der Waals surface area contributed by atoms with Gasteiger partial charge in [0.15, 0.2) is 0 Å². The number of hydrazone groups is 1. The first-order chi connectivity index (χ1) is 13.6. The molecule has 0 aliphatic rings. The van der Waals surface area contributed by atoms with Crippen molar-refractivity contribution in [1.29, 1.82) is 0 Å². The Balaban J connectivity index is 3.03. The minimum atomic E-state index is -4.52. The fourth-order valence-electron chi connectivity index (χ4n) is 2.42. The van der Waals surface area contributed by atoms with Crippen LogP contribution in [0.15, 0.2) is 40.8 Å². The number of hydrogen-bond donors (Lipinski definition) is 3. The molecule has 7 nitrogen and oxygen atoms in total. The van der Waals surface area contributed by atoms with Gasteiger partial charge in [-0.15, -0.1) is 0 Å². The lowest BCUT2D eigenvalue weighted by Crippen LogP contribution is -2.33. The van der Waals surface area contributed by atoms with Gasteiger partial charge in [-0.05, 0) is 43.5 Å². The summed E-state index contributed by atoms with van der Waals surface area (Å²) in [6.07, 6.45) is -2.84. The lowest BCUT2D eigenvalue weighted by molar-refractivity contribution is -0.123. The number of carbonyl (C=O) groups is 2. The maximum atomic E-state index is 12.3. The van der Waals surface area contributed by atoms with Gasteiger partial charge in [-0.3, -0.25) is 14.0 Å². The Kier molecular flexibility index (Phi) is 9.10. The molecule has 0 aliphatic heterocycles. The second-order valence-electron chi connectivity index (χ2n) is 6.02. The quantitative estimate of drug-likeness (QED) is 0.169. The van der Waals surface area contributed by atoms with Crippen LogP contribution in [-0.2, 0) is 4.79 Å². The van der Waals surface area contributed by atoms with Crippen molar-refractivity contribution in [3.63, 3.8) is 0 Å². The average Bonchev–Trinajstić information content (AvgIpc) is 2.67. The lowest BCUT2D eigenvalue weighted by atomic mass is 10.1. The van der Waals surface area contributed by atoms with Crippen LogP contribution in [0.25, 0.3) is 0 Å². The zero-order chi connectivity index (χ0) is 22.0. The predicted octanol–water partition coefficient (Wildman–Crippen LogP) is 2.59. The molecule has 160 valence electrons. The Bertz CT molecular complexity index is 748. The molecular formula is C18H23F4N5O2. The Morgan fingerprint density at radius 2 is 1.72 bits per heavy atom. The predicted molar refractivity (Wildman–Crippen MR) is 102 cm³/mol. The molecule has 0 saturated heterocycles. The summed E-state index contributed by atoms with van der Waals surface area (Å²) in [6, 6.07) is 5.40. The van der Waals surface area contributed by atoms with Crippen molar-refractivity contribution >= 4 is 24.2 Å². The van der Waals surface area contributed by atoms with Gasteiger partial charge in [-0.25, -0.2) is 5.01 Å². The van der Waals surface area contributed by atoms with E-state index in [9.17, 15) is 27.2 Å². The zero-order valence-electron chi connectivity index (χ0n) is 15.6. The molecule has 0 unspecified atom stereocenters. The Labute approximate surface area is 165 Å². The molecule has 1 rings (SSSR count). The minimum Gasteiger partial charge on any atom is -0.393 e. The molecule has 1 aromatic rings. The number of benzene rings is 1. The average molecular weight is 417 g/mol. The molecule has 0 bridgehead atoms. The SMILES string of the molecule is C=NN(/C(CCCCCF)=C(\N)C(N)=O)c1ccc(C(=O)NCC(F)(F)F)cc1. The van der Waals surface area contributed by atoms with Crippen molar-refractivity contribution in [3.05, 3.63) is 41.2 Å². The summed E-state index contributed by atoms with van der Waals surface area (Å²) in [5.41, 5.74) is 11.4. The molecule has 11 heteroatoms. The van der Waals surface area contributed by atoms with Gasteiger partial charge in [0.1, 0.15) is 12.2 Å². The van der Waals surface area contributed by atoms with Crippen molar-refractivity contribution in [2.75, 3.05) is 18.2 Å². The van der Waals surface area contributed by atoms with Crippen LogP contribution in [0.1, 0.15) is 36.0 Å². The lowest BCUT2D eigenvalue weighted by Gasteiger charge is -2.23. The summed E-state index contributed by atoms with van der Waals surface area (Å²) in [6.45, 7) is 1.51. The van der Waals surface area contributed by atoms with Gasteiger partial charge in [0.05, 0.1) is 18.1 Å². The first kappa shape index (κ1) is 23.9. The third kappa shape index (κ3) is 7.80.